The summed E-state index contributed by atoms with van der Waals surface area (Å²) in [5.74, 6) is 1.65. The fourth-order valence-corrected chi connectivity index (χ4v) is 2.05. The van der Waals surface area contributed by atoms with Crippen LogP contribution in [-0.4, -0.2) is 20.8 Å². The molecule has 0 aliphatic heterocycles. The lowest BCUT2D eigenvalue weighted by Crippen LogP contribution is -2.13. The Morgan fingerprint density at radius 1 is 1.00 bits per heavy atom. The van der Waals surface area contributed by atoms with Gasteiger partial charge in [-0.25, -0.2) is 0 Å². The Kier molecular flexibility index (Phi) is 5.85. The van der Waals surface area contributed by atoms with Gasteiger partial charge in [0.25, 0.3) is 0 Å². The van der Waals surface area contributed by atoms with Crippen molar-refractivity contribution < 1.29 is 9.47 Å². The van der Waals surface area contributed by atoms with Gasteiger partial charge in [-0.15, -0.1) is 0 Å². The van der Waals surface area contributed by atoms with Gasteiger partial charge in [-0.1, -0.05) is 48.6 Å². The number of rotatable bonds is 7. The molecule has 3 nitrogen and oxygen atoms in total. The first-order chi connectivity index (χ1) is 10.3. The molecule has 0 saturated carbocycles. The van der Waals surface area contributed by atoms with Gasteiger partial charge in [-0.05, 0) is 11.6 Å². The molecule has 2 aromatic carbocycles. The summed E-state index contributed by atoms with van der Waals surface area (Å²) in [7, 11) is 3.33. The zero-order chi connectivity index (χ0) is 14.9. The maximum Gasteiger partial charge on any atom is 0.127 e. The minimum atomic E-state index is 0.756. The molecule has 0 aliphatic rings. The SMILES string of the molecule is COc1ccc(CNCC=Cc2ccccc2)c(OC)c1. The first-order valence-electron chi connectivity index (χ1n) is 6.96. The van der Waals surface area contributed by atoms with Crippen LogP contribution >= 0.6 is 0 Å². The maximum atomic E-state index is 5.38. The number of hydrogen-bond acceptors (Lipinski definition) is 3. The van der Waals surface area contributed by atoms with E-state index < -0.39 is 0 Å². The fraction of sp³-hybridized carbons (Fsp3) is 0.222. The summed E-state index contributed by atoms with van der Waals surface area (Å²) in [5.41, 5.74) is 2.33. The normalized spacial score (nSPS) is 10.8. The van der Waals surface area contributed by atoms with E-state index in [-0.39, 0.29) is 0 Å². The van der Waals surface area contributed by atoms with Crippen molar-refractivity contribution in [2.24, 2.45) is 0 Å². The Morgan fingerprint density at radius 2 is 1.81 bits per heavy atom. The molecule has 21 heavy (non-hydrogen) atoms. The molecule has 0 heterocycles. The highest BCUT2D eigenvalue weighted by atomic mass is 16.5. The van der Waals surface area contributed by atoms with Crippen molar-refractivity contribution in [3.63, 3.8) is 0 Å². The van der Waals surface area contributed by atoms with Crippen molar-refractivity contribution in [3.8, 4) is 11.5 Å². The molecule has 3 heteroatoms. The second-order valence-corrected chi connectivity index (χ2v) is 4.62. The summed E-state index contributed by atoms with van der Waals surface area (Å²) >= 11 is 0. The summed E-state index contributed by atoms with van der Waals surface area (Å²) in [4.78, 5) is 0. The Balaban J connectivity index is 1.85. The van der Waals surface area contributed by atoms with E-state index >= 15 is 0 Å². The molecule has 2 rings (SSSR count). The first-order valence-corrected chi connectivity index (χ1v) is 6.96. The van der Waals surface area contributed by atoms with Crippen molar-refractivity contribution in [2.45, 2.75) is 6.54 Å². The zero-order valence-electron chi connectivity index (χ0n) is 12.5. The van der Waals surface area contributed by atoms with Crippen LogP contribution in [0.15, 0.2) is 54.6 Å². The highest BCUT2D eigenvalue weighted by Crippen LogP contribution is 2.24. The van der Waals surface area contributed by atoms with Crippen molar-refractivity contribution in [1.29, 1.82) is 0 Å². The van der Waals surface area contributed by atoms with Crippen LogP contribution in [-0.2, 0) is 6.54 Å². The molecule has 0 fully saturated rings. The van der Waals surface area contributed by atoms with Gasteiger partial charge in [0.2, 0.25) is 0 Å². The molecule has 110 valence electrons. The van der Waals surface area contributed by atoms with E-state index in [9.17, 15) is 0 Å². The van der Waals surface area contributed by atoms with E-state index in [1.54, 1.807) is 14.2 Å². The van der Waals surface area contributed by atoms with Crippen molar-refractivity contribution in [1.82, 2.24) is 5.32 Å². The van der Waals surface area contributed by atoms with E-state index in [0.29, 0.717) is 0 Å². The molecule has 0 spiro atoms. The largest absolute Gasteiger partial charge is 0.497 e. The third kappa shape index (κ3) is 4.65. The van der Waals surface area contributed by atoms with Gasteiger partial charge in [0.1, 0.15) is 11.5 Å². The summed E-state index contributed by atoms with van der Waals surface area (Å²) in [6, 6.07) is 16.1. The Hall–Kier alpha value is -2.26. The van der Waals surface area contributed by atoms with Crippen molar-refractivity contribution in [3.05, 3.63) is 65.7 Å². The lowest BCUT2D eigenvalue weighted by Gasteiger charge is -2.10. The van der Waals surface area contributed by atoms with Crippen LogP contribution in [0, 0.1) is 0 Å². The van der Waals surface area contributed by atoms with Gasteiger partial charge in [0, 0.05) is 24.7 Å². The monoisotopic (exact) mass is 283 g/mol. The van der Waals surface area contributed by atoms with Crippen LogP contribution in [0.2, 0.25) is 0 Å². The van der Waals surface area contributed by atoms with Crippen LogP contribution in [0.25, 0.3) is 6.08 Å². The molecule has 0 unspecified atom stereocenters. The third-order valence-corrected chi connectivity index (χ3v) is 3.18. The topological polar surface area (TPSA) is 30.5 Å². The second kappa shape index (κ2) is 8.12. The summed E-state index contributed by atoms with van der Waals surface area (Å²) in [6.07, 6.45) is 4.23. The van der Waals surface area contributed by atoms with Crippen LogP contribution in [0.4, 0.5) is 0 Å². The van der Waals surface area contributed by atoms with Crippen LogP contribution in [0.1, 0.15) is 11.1 Å². The molecule has 0 radical (unpaired) electrons. The van der Waals surface area contributed by atoms with Gasteiger partial charge in [0.15, 0.2) is 0 Å². The van der Waals surface area contributed by atoms with E-state index in [1.807, 2.05) is 36.4 Å². The summed E-state index contributed by atoms with van der Waals surface area (Å²) in [6.45, 7) is 1.57. The van der Waals surface area contributed by atoms with E-state index in [4.69, 9.17) is 9.47 Å². The van der Waals surface area contributed by atoms with E-state index in [0.717, 1.165) is 30.2 Å². The quantitative estimate of drug-likeness (QED) is 0.789. The second-order valence-electron chi connectivity index (χ2n) is 4.62. The van der Waals surface area contributed by atoms with E-state index in [1.165, 1.54) is 5.56 Å². The average molecular weight is 283 g/mol. The lowest BCUT2D eigenvalue weighted by molar-refractivity contribution is 0.390. The minimum absolute atomic E-state index is 0.756. The molecule has 0 aliphatic carbocycles. The highest BCUT2D eigenvalue weighted by Gasteiger charge is 2.03. The Labute approximate surface area is 126 Å². The van der Waals surface area contributed by atoms with Crippen LogP contribution in [0.5, 0.6) is 11.5 Å². The number of nitrogens with one attached hydrogen (secondary N) is 1. The minimum Gasteiger partial charge on any atom is -0.497 e. The molecular formula is C18H21NO2. The fourth-order valence-electron chi connectivity index (χ4n) is 2.05. The summed E-state index contributed by atoms with van der Waals surface area (Å²) < 4.78 is 10.6. The van der Waals surface area contributed by atoms with Gasteiger partial charge < -0.3 is 14.8 Å². The number of ether oxygens (including phenoxy) is 2. The number of benzene rings is 2. The smallest absolute Gasteiger partial charge is 0.127 e. The van der Waals surface area contributed by atoms with Crippen LogP contribution < -0.4 is 14.8 Å². The zero-order valence-corrected chi connectivity index (χ0v) is 12.5. The standard InChI is InChI=1S/C18H21NO2/c1-20-17-11-10-16(18(13-17)21-2)14-19-12-6-9-15-7-4-3-5-8-15/h3-11,13,19H,12,14H2,1-2H3. The highest BCUT2D eigenvalue weighted by molar-refractivity contribution is 5.48. The maximum absolute atomic E-state index is 5.38. The van der Waals surface area contributed by atoms with Gasteiger partial charge in [-0.2, -0.15) is 0 Å². The molecule has 2 aromatic rings. The molecule has 0 saturated heterocycles. The first kappa shape index (κ1) is 15.1. The molecule has 1 N–H and O–H groups in total. The number of hydrogen-bond donors (Lipinski definition) is 1. The van der Waals surface area contributed by atoms with Crippen molar-refractivity contribution >= 4 is 6.08 Å². The lowest BCUT2D eigenvalue weighted by atomic mass is 10.2. The predicted octanol–water partition coefficient (Wildman–Crippen LogP) is 3.51. The third-order valence-electron chi connectivity index (χ3n) is 3.18. The van der Waals surface area contributed by atoms with Gasteiger partial charge in [-0.3, -0.25) is 0 Å². The predicted molar refractivity (Wildman–Crippen MR) is 86.7 cm³/mol. The molecule has 0 atom stereocenters. The molecule has 0 amide bonds. The molecular weight excluding hydrogens is 262 g/mol. The Bertz CT molecular complexity index is 579. The van der Waals surface area contributed by atoms with E-state index in [2.05, 4.69) is 29.6 Å². The average Bonchev–Trinajstić information content (AvgIpc) is 2.55. The van der Waals surface area contributed by atoms with Crippen molar-refractivity contribution in [2.75, 3.05) is 20.8 Å². The molecule has 0 bridgehead atoms. The Morgan fingerprint density at radius 3 is 2.52 bits per heavy atom. The molecule has 0 aromatic heterocycles. The van der Waals surface area contributed by atoms with Crippen LogP contribution in [0.3, 0.4) is 0 Å². The van der Waals surface area contributed by atoms with Gasteiger partial charge >= 0.3 is 0 Å². The summed E-state index contributed by atoms with van der Waals surface area (Å²) in [5, 5.41) is 3.38. The van der Waals surface area contributed by atoms with Gasteiger partial charge in [0.05, 0.1) is 14.2 Å². The number of methoxy groups -OCH3 is 2.